The van der Waals surface area contributed by atoms with E-state index in [2.05, 4.69) is 59.0 Å². The first-order valence-corrected chi connectivity index (χ1v) is 12.1. The van der Waals surface area contributed by atoms with Crippen LogP contribution in [0.25, 0.3) is 10.9 Å². The van der Waals surface area contributed by atoms with Gasteiger partial charge in [-0.2, -0.15) is 5.10 Å². The van der Waals surface area contributed by atoms with E-state index in [1.807, 2.05) is 18.5 Å². The van der Waals surface area contributed by atoms with Gasteiger partial charge in [-0.05, 0) is 48.6 Å². The number of nitrogens with one attached hydrogen (secondary N) is 1. The lowest BCUT2D eigenvalue weighted by molar-refractivity contribution is 0.0667. The summed E-state index contributed by atoms with van der Waals surface area (Å²) in [6.45, 7) is 10.8. The van der Waals surface area contributed by atoms with Crippen LogP contribution in [-0.4, -0.2) is 70.5 Å². The summed E-state index contributed by atoms with van der Waals surface area (Å²) in [5.74, 6) is 1.56. The van der Waals surface area contributed by atoms with Crippen molar-refractivity contribution in [1.82, 2.24) is 25.0 Å². The quantitative estimate of drug-likeness (QED) is 0.556. The summed E-state index contributed by atoms with van der Waals surface area (Å²) in [5, 5.41) is 8.61. The van der Waals surface area contributed by atoms with Crippen LogP contribution < -0.4 is 4.74 Å². The van der Waals surface area contributed by atoms with Gasteiger partial charge in [0.2, 0.25) is 0 Å². The van der Waals surface area contributed by atoms with Crippen LogP contribution in [0.15, 0.2) is 36.7 Å². The Labute approximate surface area is 195 Å². The molecule has 2 aliphatic rings. The normalized spacial score (nSPS) is 22.0. The molecule has 1 aromatic carbocycles. The average molecular weight is 452 g/mol. The Morgan fingerprint density at radius 3 is 2.76 bits per heavy atom. The Kier molecular flexibility index (Phi) is 6.34. The molecule has 2 atom stereocenters. The molecule has 1 saturated heterocycles. The number of rotatable bonds is 8. The molecular weight excluding hydrogens is 417 g/mol. The highest BCUT2D eigenvalue weighted by atomic mass is 19.1. The summed E-state index contributed by atoms with van der Waals surface area (Å²) in [4.78, 5) is 9.68. The summed E-state index contributed by atoms with van der Waals surface area (Å²) in [6, 6.07) is 9.04. The Hall–Kier alpha value is -2.51. The summed E-state index contributed by atoms with van der Waals surface area (Å²) >= 11 is 0. The maximum Gasteiger partial charge on any atom is 0.137 e. The number of aromatic nitrogens is 3. The van der Waals surface area contributed by atoms with Gasteiger partial charge < -0.3 is 4.74 Å². The summed E-state index contributed by atoms with van der Waals surface area (Å²) in [5.41, 5.74) is 4.84. The number of halogens is 1. The molecule has 176 valence electrons. The molecule has 1 N–H and O–H groups in total. The third-order valence-electron chi connectivity index (χ3n) is 7.01. The van der Waals surface area contributed by atoms with E-state index in [4.69, 9.17) is 9.72 Å². The molecule has 5 rings (SSSR count). The first kappa shape index (κ1) is 22.3. The lowest BCUT2D eigenvalue weighted by Gasteiger charge is -2.42. The molecule has 2 aromatic heterocycles. The smallest absolute Gasteiger partial charge is 0.137 e. The predicted molar refractivity (Wildman–Crippen MR) is 128 cm³/mol. The largest absolute Gasteiger partial charge is 0.491 e. The number of hydrogen-bond donors (Lipinski definition) is 1. The van der Waals surface area contributed by atoms with Gasteiger partial charge in [-0.3, -0.25) is 24.3 Å². The van der Waals surface area contributed by atoms with E-state index in [0.29, 0.717) is 18.6 Å². The second-order valence-corrected chi connectivity index (χ2v) is 10.1. The number of alkyl halides is 1. The van der Waals surface area contributed by atoms with Gasteiger partial charge >= 0.3 is 0 Å². The molecule has 7 heteroatoms. The lowest BCUT2D eigenvalue weighted by atomic mass is 9.84. The molecule has 4 heterocycles. The molecule has 33 heavy (non-hydrogen) atoms. The van der Waals surface area contributed by atoms with Crippen molar-refractivity contribution in [3.8, 4) is 5.75 Å². The van der Waals surface area contributed by atoms with E-state index < -0.39 is 0 Å². The van der Waals surface area contributed by atoms with Gasteiger partial charge in [-0.15, -0.1) is 0 Å². The minimum Gasteiger partial charge on any atom is -0.491 e. The Bertz CT molecular complexity index is 1080. The van der Waals surface area contributed by atoms with Gasteiger partial charge in [0.1, 0.15) is 12.4 Å². The van der Waals surface area contributed by atoms with Gasteiger partial charge in [0.25, 0.3) is 0 Å². The average Bonchev–Trinajstić information content (AvgIpc) is 3.26. The number of benzene rings is 1. The van der Waals surface area contributed by atoms with Crippen LogP contribution in [0.2, 0.25) is 0 Å². The summed E-state index contributed by atoms with van der Waals surface area (Å²) < 4.78 is 18.5. The van der Waals surface area contributed by atoms with E-state index in [1.54, 1.807) is 0 Å². The molecule has 0 saturated carbocycles. The molecule has 2 aliphatic heterocycles. The number of nitrogens with zero attached hydrogens (tertiary/aromatic N) is 4. The van der Waals surface area contributed by atoms with Crippen LogP contribution in [-0.2, 0) is 6.42 Å². The van der Waals surface area contributed by atoms with E-state index in [0.717, 1.165) is 49.6 Å². The van der Waals surface area contributed by atoms with Crippen molar-refractivity contribution >= 4 is 10.9 Å². The molecule has 6 nitrogen and oxygen atoms in total. The molecule has 0 amide bonds. The zero-order valence-electron chi connectivity index (χ0n) is 19.8. The number of ether oxygens (including phenoxy) is 1. The monoisotopic (exact) mass is 451 g/mol. The highest BCUT2D eigenvalue weighted by Crippen LogP contribution is 2.40. The third kappa shape index (κ3) is 4.49. The lowest BCUT2D eigenvalue weighted by Crippen LogP contribution is -2.49. The number of likely N-dealkylation sites (tertiary alicyclic amines) is 1. The van der Waals surface area contributed by atoms with Crippen molar-refractivity contribution in [2.45, 2.75) is 39.3 Å². The zero-order chi connectivity index (χ0) is 22.9. The summed E-state index contributed by atoms with van der Waals surface area (Å²) in [7, 11) is 0. The van der Waals surface area contributed by atoms with Crippen molar-refractivity contribution in [2.75, 3.05) is 39.5 Å². The van der Waals surface area contributed by atoms with Gasteiger partial charge in [0, 0.05) is 43.5 Å². The number of H-pyrrole nitrogens is 1. The molecule has 0 aliphatic carbocycles. The number of pyridine rings is 1. The van der Waals surface area contributed by atoms with E-state index in [-0.39, 0.29) is 18.6 Å². The molecule has 1 fully saturated rings. The van der Waals surface area contributed by atoms with Crippen LogP contribution in [0.1, 0.15) is 43.6 Å². The Balaban J connectivity index is 1.36. The Morgan fingerprint density at radius 2 is 2.03 bits per heavy atom. The maximum atomic E-state index is 12.6. The highest BCUT2D eigenvalue weighted by molar-refractivity contribution is 5.83. The second kappa shape index (κ2) is 9.39. The van der Waals surface area contributed by atoms with E-state index in [1.165, 1.54) is 16.5 Å². The van der Waals surface area contributed by atoms with Crippen LogP contribution in [0.3, 0.4) is 0 Å². The fourth-order valence-electron chi connectivity index (χ4n) is 5.35. The van der Waals surface area contributed by atoms with Crippen molar-refractivity contribution in [3.05, 3.63) is 53.5 Å². The molecule has 0 spiro atoms. The zero-order valence-corrected chi connectivity index (χ0v) is 19.8. The van der Waals surface area contributed by atoms with Crippen LogP contribution in [0, 0.1) is 11.8 Å². The van der Waals surface area contributed by atoms with Gasteiger partial charge in [-0.25, -0.2) is 0 Å². The number of hydrogen-bond acceptors (Lipinski definition) is 5. The van der Waals surface area contributed by atoms with Crippen LogP contribution >= 0.6 is 0 Å². The molecule has 0 bridgehead atoms. The third-order valence-corrected chi connectivity index (χ3v) is 7.01. The number of fused-ring (bicyclic) bond motifs is 3. The first-order valence-electron chi connectivity index (χ1n) is 12.1. The second-order valence-electron chi connectivity index (χ2n) is 10.1. The summed E-state index contributed by atoms with van der Waals surface area (Å²) in [6.07, 6.45) is 4.81. The fourth-order valence-corrected chi connectivity index (χ4v) is 5.35. The van der Waals surface area contributed by atoms with Crippen molar-refractivity contribution < 1.29 is 9.13 Å². The van der Waals surface area contributed by atoms with Crippen molar-refractivity contribution in [1.29, 1.82) is 0 Å². The van der Waals surface area contributed by atoms with E-state index >= 15 is 0 Å². The van der Waals surface area contributed by atoms with Crippen LogP contribution in [0.5, 0.6) is 5.75 Å². The molecule has 3 aromatic rings. The predicted octanol–water partition coefficient (Wildman–Crippen LogP) is 4.23. The standard InChI is InChI=1S/C26H34FN5O/c1-17(2)14-32-18(3)10-22-21(5-7-24-23(22)13-29-30-24)26(32)25-6-4-20(12-28-25)33-9-8-31-15-19(11-27)16-31/h4-7,12-13,17-19,26H,8-11,14-16H2,1-3H3,(H,29,30)/t18-,26+/m1/s1. The highest BCUT2D eigenvalue weighted by Gasteiger charge is 2.35. The van der Waals surface area contributed by atoms with E-state index in [9.17, 15) is 4.39 Å². The first-order chi connectivity index (χ1) is 16.0. The molecule has 0 unspecified atom stereocenters. The Morgan fingerprint density at radius 1 is 1.18 bits per heavy atom. The minimum atomic E-state index is -0.217. The maximum absolute atomic E-state index is 12.6. The van der Waals surface area contributed by atoms with Gasteiger partial charge in [0.15, 0.2) is 0 Å². The van der Waals surface area contributed by atoms with Gasteiger partial charge in [-0.1, -0.05) is 19.9 Å². The van der Waals surface area contributed by atoms with Crippen molar-refractivity contribution in [3.63, 3.8) is 0 Å². The van der Waals surface area contributed by atoms with Gasteiger partial charge in [0.05, 0.1) is 36.3 Å². The topological polar surface area (TPSA) is 57.3 Å². The van der Waals surface area contributed by atoms with Crippen LogP contribution in [0.4, 0.5) is 4.39 Å². The minimum absolute atomic E-state index is 0.109. The van der Waals surface area contributed by atoms with Crippen molar-refractivity contribution in [2.24, 2.45) is 11.8 Å². The molecular formula is C26H34FN5O. The molecule has 0 radical (unpaired) electrons. The number of aromatic amines is 1. The SMILES string of the molecule is CC(C)CN1[C@H](c2ccc(OCCN3CC(CF)C3)cn2)c2ccc3[nH]ncc3c2C[C@H]1C. The fraction of sp³-hybridized carbons (Fsp3) is 0.538.